The zero-order valence-corrected chi connectivity index (χ0v) is 11.3. The lowest BCUT2D eigenvalue weighted by atomic mass is 10.1. The molecule has 0 amide bonds. The van der Waals surface area contributed by atoms with E-state index in [0.717, 1.165) is 0 Å². The summed E-state index contributed by atoms with van der Waals surface area (Å²) >= 11 is 0. The average molecular weight is 239 g/mol. The minimum absolute atomic E-state index is 0.250. The van der Waals surface area contributed by atoms with Crippen molar-refractivity contribution in [2.24, 2.45) is 0 Å². The molecule has 0 heterocycles. The lowest BCUT2D eigenvalue weighted by molar-refractivity contribution is -0.122. The summed E-state index contributed by atoms with van der Waals surface area (Å²) < 4.78 is 0. The molecule has 0 aliphatic heterocycles. The van der Waals surface area contributed by atoms with Crippen LogP contribution in [-0.2, 0) is 11.2 Å². The molecule has 2 N–H and O–H groups in total. The zero-order chi connectivity index (χ0) is 13.5. The van der Waals surface area contributed by atoms with Gasteiger partial charge in [0.25, 0.3) is 6.47 Å². The molecule has 0 bridgehead atoms. The van der Waals surface area contributed by atoms with Crippen LogP contribution in [0.2, 0.25) is 0 Å². The van der Waals surface area contributed by atoms with Gasteiger partial charge in [-0.1, -0.05) is 44.2 Å². The minimum Gasteiger partial charge on any atom is -0.483 e. The van der Waals surface area contributed by atoms with E-state index in [4.69, 9.17) is 9.90 Å². The number of nitrogens with one attached hydrogen (secondary N) is 1. The van der Waals surface area contributed by atoms with Crippen molar-refractivity contribution in [3.63, 3.8) is 0 Å². The second-order valence-corrected chi connectivity index (χ2v) is 3.32. The summed E-state index contributed by atoms with van der Waals surface area (Å²) in [5.41, 5.74) is 1.43. The normalized spacial score (nSPS) is 10.1. The van der Waals surface area contributed by atoms with Gasteiger partial charge in [0.05, 0.1) is 0 Å². The standard InChI is InChI=1S/C11H17N.C2H6.CH2O2/c1-10(12-2)8-9-11-6-4-3-5-7-11;1-2;2-1-3/h3-7,10,12H,8-9H2,1-2H3;1-2H3;1H,(H,2,3). The van der Waals surface area contributed by atoms with E-state index in [2.05, 4.69) is 42.6 Å². The van der Waals surface area contributed by atoms with Crippen LogP contribution >= 0.6 is 0 Å². The highest BCUT2D eigenvalue weighted by atomic mass is 16.3. The lowest BCUT2D eigenvalue weighted by Gasteiger charge is -2.08. The molecule has 0 saturated heterocycles. The zero-order valence-electron chi connectivity index (χ0n) is 11.3. The fourth-order valence-corrected chi connectivity index (χ4v) is 1.17. The number of hydrogen-bond acceptors (Lipinski definition) is 2. The minimum atomic E-state index is -0.250. The average Bonchev–Trinajstić information content (AvgIpc) is 2.40. The van der Waals surface area contributed by atoms with E-state index in [1.165, 1.54) is 18.4 Å². The third-order valence-corrected chi connectivity index (χ3v) is 2.20. The van der Waals surface area contributed by atoms with Crippen molar-refractivity contribution in [3.05, 3.63) is 35.9 Å². The Morgan fingerprint density at radius 1 is 1.29 bits per heavy atom. The summed E-state index contributed by atoms with van der Waals surface area (Å²) in [7, 11) is 2.01. The van der Waals surface area contributed by atoms with Crippen LogP contribution in [-0.4, -0.2) is 24.7 Å². The Morgan fingerprint density at radius 2 is 1.76 bits per heavy atom. The molecule has 1 aromatic rings. The summed E-state index contributed by atoms with van der Waals surface area (Å²) in [4.78, 5) is 8.36. The summed E-state index contributed by atoms with van der Waals surface area (Å²) in [6, 6.07) is 11.2. The Kier molecular flexibility index (Phi) is 15.5. The SMILES string of the molecule is CC.CNC(C)CCc1ccccc1.O=CO. The van der Waals surface area contributed by atoms with Crippen LogP contribution in [0.25, 0.3) is 0 Å². The highest BCUT2D eigenvalue weighted by molar-refractivity contribution is 5.32. The highest BCUT2D eigenvalue weighted by Gasteiger charge is 1.97. The first-order chi connectivity index (χ1) is 8.24. The number of carbonyl (C=O) groups is 1. The molecular weight excluding hydrogens is 214 g/mol. The van der Waals surface area contributed by atoms with Gasteiger partial charge in [0.1, 0.15) is 0 Å². The van der Waals surface area contributed by atoms with Crippen molar-refractivity contribution in [1.29, 1.82) is 0 Å². The number of carboxylic acid groups (broad SMARTS) is 1. The quantitative estimate of drug-likeness (QED) is 0.794. The van der Waals surface area contributed by atoms with Crippen LogP contribution in [0.3, 0.4) is 0 Å². The summed E-state index contributed by atoms with van der Waals surface area (Å²) in [5, 5.41) is 10.1. The van der Waals surface area contributed by atoms with Crippen LogP contribution in [0, 0.1) is 0 Å². The van der Waals surface area contributed by atoms with Crippen molar-refractivity contribution >= 4 is 6.47 Å². The maximum atomic E-state index is 8.36. The molecule has 98 valence electrons. The van der Waals surface area contributed by atoms with Gasteiger partial charge in [-0.15, -0.1) is 0 Å². The van der Waals surface area contributed by atoms with Gasteiger partial charge < -0.3 is 10.4 Å². The number of hydrogen-bond donors (Lipinski definition) is 2. The van der Waals surface area contributed by atoms with E-state index < -0.39 is 0 Å². The number of rotatable bonds is 4. The van der Waals surface area contributed by atoms with Gasteiger partial charge in [0.2, 0.25) is 0 Å². The Bertz CT molecular complexity index is 250. The molecule has 1 unspecified atom stereocenters. The second kappa shape index (κ2) is 14.6. The third-order valence-electron chi connectivity index (χ3n) is 2.20. The molecule has 1 atom stereocenters. The Morgan fingerprint density at radius 3 is 2.18 bits per heavy atom. The van der Waals surface area contributed by atoms with Crippen LogP contribution in [0.1, 0.15) is 32.8 Å². The molecular formula is C14H25NO2. The van der Waals surface area contributed by atoms with Gasteiger partial charge in [0.15, 0.2) is 0 Å². The number of benzene rings is 1. The van der Waals surface area contributed by atoms with Crippen molar-refractivity contribution in [1.82, 2.24) is 5.32 Å². The van der Waals surface area contributed by atoms with Crippen molar-refractivity contribution in [2.75, 3.05) is 7.05 Å². The van der Waals surface area contributed by atoms with Gasteiger partial charge in [-0.3, -0.25) is 4.79 Å². The Hall–Kier alpha value is -1.35. The largest absolute Gasteiger partial charge is 0.483 e. The van der Waals surface area contributed by atoms with Gasteiger partial charge in [0, 0.05) is 6.04 Å². The van der Waals surface area contributed by atoms with E-state index in [1.54, 1.807) is 0 Å². The van der Waals surface area contributed by atoms with E-state index in [-0.39, 0.29) is 6.47 Å². The topological polar surface area (TPSA) is 49.3 Å². The predicted molar refractivity (Wildman–Crippen MR) is 73.3 cm³/mol. The molecule has 0 aliphatic carbocycles. The fraction of sp³-hybridized carbons (Fsp3) is 0.500. The van der Waals surface area contributed by atoms with E-state index in [9.17, 15) is 0 Å². The molecule has 1 rings (SSSR count). The van der Waals surface area contributed by atoms with Crippen molar-refractivity contribution < 1.29 is 9.90 Å². The Balaban J connectivity index is 0. The van der Waals surface area contributed by atoms with E-state index >= 15 is 0 Å². The van der Waals surface area contributed by atoms with Gasteiger partial charge in [-0.05, 0) is 32.4 Å². The first-order valence-corrected chi connectivity index (χ1v) is 6.03. The highest BCUT2D eigenvalue weighted by Crippen LogP contribution is 2.03. The maximum Gasteiger partial charge on any atom is 0.290 e. The third kappa shape index (κ3) is 12.6. The summed E-state index contributed by atoms with van der Waals surface area (Å²) in [6.45, 7) is 5.96. The number of aryl methyl sites for hydroxylation is 1. The fourth-order valence-electron chi connectivity index (χ4n) is 1.17. The summed E-state index contributed by atoms with van der Waals surface area (Å²) in [5.74, 6) is 0. The molecule has 3 nitrogen and oxygen atoms in total. The smallest absolute Gasteiger partial charge is 0.290 e. The van der Waals surface area contributed by atoms with Crippen LogP contribution in [0.5, 0.6) is 0 Å². The molecule has 0 saturated carbocycles. The first kappa shape index (κ1) is 18.0. The first-order valence-electron chi connectivity index (χ1n) is 6.03. The molecule has 0 spiro atoms. The van der Waals surface area contributed by atoms with E-state index in [0.29, 0.717) is 6.04 Å². The Labute approximate surface area is 105 Å². The van der Waals surface area contributed by atoms with Crippen molar-refractivity contribution in [3.8, 4) is 0 Å². The second-order valence-electron chi connectivity index (χ2n) is 3.32. The van der Waals surface area contributed by atoms with Crippen LogP contribution < -0.4 is 5.32 Å². The van der Waals surface area contributed by atoms with Gasteiger partial charge >= 0.3 is 0 Å². The molecule has 0 radical (unpaired) electrons. The maximum absolute atomic E-state index is 8.36. The van der Waals surface area contributed by atoms with Gasteiger partial charge in [-0.2, -0.15) is 0 Å². The van der Waals surface area contributed by atoms with Crippen LogP contribution in [0.4, 0.5) is 0 Å². The van der Waals surface area contributed by atoms with Gasteiger partial charge in [-0.25, -0.2) is 0 Å². The molecule has 0 aromatic heterocycles. The molecule has 1 aromatic carbocycles. The monoisotopic (exact) mass is 239 g/mol. The predicted octanol–water partition coefficient (Wildman–Crippen LogP) is 2.95. The summed E-state index contributed by atoms with van der Waals surface area (Å²) in [6.07, 6.45) is 2.38. The van der Waals surface area contributed by atoms with E-state index in [1.807, 2.05) is 20.9 Å². The molecule has 3 heteroatoms. The van der Waals surface area contributed by atoms with Crippen molar-refractivity contribution in [2.45, 2.75) is 39.7 Å². The molecule has 0 fully saturated rings. The lowest BCUT2D eigenvalue weighted by Crippen LogP contribution is -2.21. The molecule has 0 aliphatic rings. The van der Waals surface area contributed by atoms with Crippen LogP contribution in [0.15, 0.2) is 30.3 Å². The molecule has 17 heavy (non-hydrogen) atoms.